The second kappa shape index (κ2) is 8.01. The summed E-state index contributed by atoms with van der Waals surface area (Å²) >= 11 is 0. The Kier molecular flexibility index (Phi) is 6.31. The van der Waals surface area contributed by atoms with Crippen LogP contribution in [0.25, 0.3) is 0 Å². The first-order chi connectivity index (χ1) is 10.3. The van der Waals surface area contributed by atoms with Crippen LogP contribution in [-0.4, -0.2) is 38.4 Å². The molecule has 1 aromatic carbocycles. The van der Waals surface area contributed by atoms with Gasteiger partial charge in [-0.15, -0.1) is 24.0 Å². The van der Waals surface area contributed by atoms with Crippen LogP contribution in [0.4, 0.5) is 0 Å². The Labute approximate surface area is 148 Å². The number of methoxy groups -OCH3 is 1. The van der Waals surface area contributed by atoms with Gasteiger partial charge in [-0.2, -0.15) is 0 Å². The number of rotatable bonds is 4. The molecule has 0 aromatic heterocycles. The van der Waals surface area contributed by atoms with Gasteiger partial charge in [0.2, 0.25) is 0 Å². The quantitative estimate of drug-likeness (QED) is 0.449. The molecule has 2 heterocycles. The first kappa shape index (κ1) is 17.3. The maximum Gasteiger partial charge on any atom is 0.191 e. The number of aliphatic imine (C=N–C) groups is 1. The highest BCUT2D eigenvalue weighted by Crippen LogP contribution is 2.34. The van der Waals surface area contributed by atoms with Gasteiger partial charge in [-0.25, -0.2) is 0 Å². The number of hydrogen-bond acceptors (Lipinski definition) is 3. The molecular formula is C16H24IN3O2. The van der Waals surface area contributed by atoms with Crippen LogP contribution in [0.3, 0.4) is 0 Å². The third-order valence-corrected chi connectivity index (χ3v) is 4.25. The average molecular weight is 417 g/mol. The molecule has 0 radical (unpaired) electrons. The van der Waals surface area contributed by atoms with Crippen molar-refractivity contribution in [2.75, 3.05) is 14.2 Å². The number of nitrogens with one attached hydrogen (secondary N) is 2. The van der Waals surface area contributed by atoms with Gasteiger partial charge in [0.1, 0.15) is 5.75 Å². The summed E-state index contributed by atoms with van der Waals surface area (Å²) in [5.74, 6) is 1.71. The number of hydrogen-bond donors (Lipinski definition) is 2. The highest BCUT2D eigenvalue weighted by Gasteiger charge is 2.41. The fourth-order valence-electron chi connectivity index (χ4n) is 3.13. The molecule has 0 saturated carbocycles. The van der Waals surface area contributed by atoms with Crippen molar-refractivity contribution in [2.45, 2.75) is 44.1 Å². The summed E-state index contributed by atoms with van der Waals surface area (Å²) in [6.07, 6.45) is 4.26. The topological polar surface area (TPSA) is 54.9 Å². The molecule has 122 valence electrons. The molecule has 1 aromatic rings. The lowest BCUT2D eigenvalue weighted by Crippen LogP contribution is -2.47. The van der Waals surface area contributed by atoms with Gasteiger partial charge in [0.25, 0.3) is 0 Å². The average Bonchev–Trinajstić information content (AvgIpc) is 3.14. The van der Waals surface area contributed by atoms with Gasteiger partial charge in [0.05, 0.1) is 25.4 Å². The minimum absolute atomic E-state index is 0. The summed E-state index contributed by atoms with van der Waals surface area (Å²) in [6, 6.07) is 8.43. The number of halogens is 1. The molecule has 2 bridgehead atoms. The van der Waals surface area contributed by atoms with E-state index in [0.29, 0.717) is 18.2 Å². The molecular weight excluding hydrogens is 393 g/mol. The van der Waals surface area contributed by atoms with Crippen molar-refractivity contribution in [2.24, 2.45) is 4.99 Å². The van der Waals surface area contributed by atoms with Crippen LogP contribution in [0.1, 0.15) is 24.8 Å². The van der Waals surface area contributed by atoms with Crippen molar-refractivity contribution >= 4 is 29.9 Å². The Bertz CT molecular complexity index is 524. The minimum Gasteiger partial charge on any atom is -0.497 e. The van der Waals surface area contributed by atoms with Gasteiger partial charge in [-0.1, -0.05) is 12.1 Å². The lowest BCUT2D eigenvalue weighted by atomic mass is 9.96. The first-order valence-corrected chi connectivity index (χ1v) is 7.54. The lowest BCUT2D eigenvalue weighted by molar-refractivity contribution is 0.0992. The van der Waals surface area contributed by atoms with Crippen molar-refractivity contribution in [3.63, 3.8) is 0 Å². The molecule has 22 heavy (non-hydrogen) atoms. The van der Waals surface area contributed by atoms with E-state index in [0.717, 1.165) is 31.1 Å². The fraction of sp³-hybridized carbons (Fsp3) is 0.562. The van der Waals surface area contributed by atoms with E-state index >= 15 is 0 Å². The standard InChI is InChI=1S/C16H23N3O2.HI/c1-17-16(19-14-9-13-6-7-15(14)21-13)18-10-11-4-3-5-12(8-11)20-2;/h3-5,8,13-15H,6-7,9-10H2,1-2H3,(H2,17,18,19);1H. The van der Waals surface area contributed by atoms with Crippen LogP contribution in [0, 0.1) is 0 Å². The van der Waals surface area contributed by atoms with E-state index in [1.807, 2.05) is 18.2 Å². The molecule has 3 rings (SSSR count). The molecule has 2 saturated heterocycles. The smallest absolute Gasteiger partial charge is 0.191 e. The summed E-state index contributed by atoms with van der Waals surface area (Å²) in [6.45, 7) is 0.721. The Morgan fingerprint density at radius 1 is 1.41 bits per heavy atom. The van der Waals surface area contributed by atoms with Crippen LogP contribution in [0.15, 0.2) is 29.3 Å². The highest BCUT2D eigenvalue weighted by atomic mass is 127. The van der Waals surface area contributed by atoms with E-state index in [1.54, 1.807) is 14.2 Å². The van der Waals surface area contributed by atoms with Crippen molar-refractivity contribution in [1.82, 2.24) is 10.6 Å². The summed E-state index contributed by atoms with van der Waals surface area (Å²) in [5, 5.41) is 6.83. The maximum atomic E-state index is 5.86. The van der Waals surface area contributed by atoms with Gasteiger partial charge in [0, 0.05) is 13.6 Å². The number of fused-ring (bicyclic) bond motifs is 2. The van der Waals surface area contributed by atoms with Crippen molar-refractivity contribution < 1.29 is 9.47 Å². The predicted octanol–water partition coefficient (Wildman–Crippen LogP) is 2.30. The second-order valence-corrected chi connectivity index (χ2v) is 5.64. The van der Waals surface area contributed by atoms with E-state index in [1.165, 1.54) is 12.0 Å². The van der Waals surface area contributed by atoms with Gasteiger partial charge in [-0.05, 0) is 37.0 Å². The van der Waals surface area contributed by atoms with Crippen LogP contribution >= 0.6 is 24.0 Å². The zero-order valence-corrected chi connectivity index (χ0v) is 15.4. The molecule has 2 fully saturated rings. The zero-order chi connectivity index (χ0) is 14.7. The SMILES string of the molecule is CN=C(NCc1cccc(OC)c1)NC1CC2CCC1O2.I. The van der Waals surface area contributed by atoms with Crippen LogP contribution in [0.5, 0.6) is 5.75 Å². The number of benzene rings is 1. The molecule has 0 spiro atoms. The van der Waals surface area contributed by atoms with Crippen molar-refractivity contribution in [3.8, 4) is 5.75 Å². The molecule has 3 unspecified atom stereocenters. The Morgan fingerprint density at radius 2 is 2.27 bits per heavy atom. The normalized spacial score (nSPS) is 26.5. The van der Waals surface area contributed by atoms with E-state index in [9.17, 15) is 0 Å². The summed E-state index contributed by atoms with van der Waals surface area (Å²) in [4.78, 5) is 4.30. The van der Waals surface area contributed by atoms with Crippen LogP contribution in [0.2, 0.25) is 0 Å². The predicted molar refractivity (Wildman–Crippen MR) is 98.0 cm³/mol. The largest absolute Gasteiger partial charge is 0.497 e. The molecule has 6 heteroatoms. The van der Waals surface area contributed by atoms with Crippen molar-refractivity contribution in [3.05, 3.63) is 29.8 Å². The maximum absolute atomic E-state index is 5.86. The molecule has 0 aliphatic carbocycles. The molecule has 2 N–H and O–H groups in total. The monoisotopic (exact) mass is 417 g/mol. The van der Waals surface area contributed by atoms with E-state index in [4.69, 9.17) is 9.47 Å². The molecule has 3 atom stereocenters. The minimum atomic E-state index is 0. The number of nitrogens with zero attached hydrogens (tertiary/aromatic N) is 1. The molecule has 5 nitrogen and oxygen atoms in total. The second-order valence-electron chi connectivity index (χ2n) is 5.64. The van der Waals surface area contributed by atoms with Gasteiger partial charge in [-0.3, -0.25) is 4.99 Å². The summed E-state index contributed by atoms with van der Waals surface area (Å²) in [7, 11) is 3.48. The lowest BCUT2D eigenvalue weighted by Gasteiger charge is -2.22. The molecule has 0 amide bonds. The first-order valence-electron chi connectivity index (χ1n) is 7.54. The molecule has 2 aliphatic heterocycles. The third kappa shape index (κ3) is 4.04. The van der Waals surface area contributed by atoms with E-state index in [2.05, 4.69) is 21.7 Å². The van der Waals surface area contributed by atoms with Gasteiger partial charge in [0.15, 0.2) is 5.96 Å². The van der Waals surface area contributed by atoms with E-state index < -0.39 is 0 Å². The highest BCUT2D eigenvalue weighted by molar-refractivity contribution is 14.0. The fourth-order valence-corrected chi connectivity index (χ4v) is 3.13. The summed E-state index contributed by atoms with van der Waals surface area (Å²) in [5.41, 5.74) is 1.17. The van der Waals surface area contributed by atoms with Gasteiger partial charge < -0.3 is 20.1 Å². The Hall–Kier alpha value is -1.02. The van der Waals surface area contributed by atoms with Crippen LogP contribution < -0.4 is 15.4 Å². The summed E-state index contributed by atoms with van der Waals surface area (Å²) < 4.78 is 11.1. The van der Waals surface area contributed by atoms with Gasteiger partial charge >= 0.3 is 0 Å². The zero-order valence-electron chi connectivity index (χ0n) is 13.0. The van der Waals surface area contributed by atoms with Crippen LogP contribution in [-0.2, 0) is 11.3 Å². The molecule has 2 aliphatic rings. The van der Waals surface area contributed by atoms with E-state index in [-0.39, 0.29) is 24.0 Å². The van der Waals surface area contributed by atoms with Crippen molar-refractivity contribution in [1.29, 1.82) is 0 Å². The number of ether oxygens (including phenoxy) is 2. The Balaban J connectivity index is 0.00000176. The number of guanidine groups is 1. The third-order valence-electron chi connectivity index (χ3n) is 4.25. The Morgan fingerprint density at radius 3 is 2.91 bits per heavy atom.